The van der Waals surface area contributed by atoms with Gasteiger partial charge >= 0.3 is 5.69 Å². The Hall–Kier alpha value is -2.61. The van der Waals surface area contributed by atoms with Crippen LogP contribution in [0.2, 0.25) is 0 Å². The molecule has 8 heteroatoms. The Balaban J connectivity index is 1.95. The van der Waals surface area contributed by atoms with Crippen LogP contribution in [-0.2, 0) is 4.79 Å². The Morgan fingerprint density at radius 3 is 2.71 bits per heavy atom. The van der Waals surface area contributed by atoms with E-state index in [0.29, 0.717) is 5.69 Å². The number of aromatic nitrogens is 1. The molecule has 0 saturated carbocycles. The van der Waals surface area contributed by atoms with E-state index < -0.39 is 4.92 Å². The number of nitro groups is 1. The fourth-order valence-electron chi connectivity index (χ4n) is 1.51. The van der Waals surface area contributed by atoms with Crippen LogP contribution in [-0.4, -0.2) is 26.7 Å². The molecule has 1 aromatic heterocycles. The number of aromatic hydroxyl groups is 1. The monoisotopic (exact) mass is 305 g/mol. The van der Waals surface area contributed by atoms with E-state index in [0.717, 1.165) is 11.8 Å². The van der Waals surface area contributed by atoms with Gasteiger partial charge in [-0.25, -0.2) is 4.98 Å². The van der Waals surface area contributed by atoms with Gasteiger partial charge in [-0.15, -0.1) is 0 Å². The number of carbonyl (C=O) groups excluding carboxylic acids is 1. The molecule has 1 aromatic carbocycles. The number of pyridine rings is 1. The molecule has 0 atom stereocenters. The number of phenols is 1. The van der Waals surface area contributed by atoms with Gasteiger partial charge in [0.15, 0.2) is 5.03 Å². The summed E-state index contributed by atoms with van der Waals surface area (Å²) < 4.78 is 0. The van der Waals surface area contributed by atoms with Gasteiger partial charge in [-0.2, -0.15) is 0 Å². The van der Waals surface area contributed by atoms with Crippen molar-refractivity contribution < 1.29 is 14.8 Å². The van der Waals surface area contributed by atoms with Gasteiger partial charge in [0, 0.05) is 18.0 Å². The summed E-state index contributed by atoms with van der Waals surface area (Å²) in [6, 6.07) is 8.83. The minimum Gasteiger partial charge on any atom is -0.508 e. The third kappa shape index (κ3) is 4.18. The number of hydrogen-bond acceptors (Lipinski definition) is 6. The number of anilines is 1. The summed E-state index contributed by atoms with van der Waals surface area (Å²) in [5.74, 6) is -0.212. The second-order valence-corrected chi connectivity index (χ2v) is 4.93. The molecule has 2 aromatic rings. The number of amides is 1. The molecular formula is C13H11N3O4S. The molecule has 0 radical (unpaired) electrons. The van der Waals surface area contributed by atoms with Gasteiger partial charge in [-0.05, 0) is 30.3 Å². The normalized spacial score (nSPS) is 10.1. The zero-order valence-electron chi connectivity index (χ0n) is 10.7. The highest BCUT2D eigenvalue weighted by Gasteiger charge is 2.15. The molecule has 0 aliphatic heterocycles. The van der Waals surface area contributed by atoms with Crippen LogP contribution in [0.15, 0.2) is 47.6 Å². The first-order valence-corrected chi connectivity index (χ1v) is 6.86. The van der Waals surface area contributed by atoms with Crippen molar-refractivity contribution >= 4 is 29.0 Å². The average molecular weight is 305 g/mol. The van der Waals surface area contributed by atoms with Gasteiger partial charge in [0.05, 0.1) is 10.7 Å². The summed E-state index contributed by atoms with van der Waals surface area (Å²) >= 11 is 0.992. The molecule has 1 amide bonds. The van der Waals surface area contributed by atoms with Crippen LogP contribution in [0.3, 0.4) is 0 Å². The Morgan fingerprint density at radius 2 is 2.05 bits per heavy atom. The lowest BCUT2D eigenvalue weighted by Crippen LogP contribution is -2.14. The molecule has 2 N–H and O–H groups in total. The van der Waals surface area contributed by atoms with E-state index in [2.05, 4.69) is 10.3 Å². The number of thioether (sulfide) groups is 1. The van der Waals surface area contributed by atoms with Crippen LogP contribution in [0.1, 0.15) is 0 Å². The second-order valence-electron chi connectivity index (χ2n) is 3.97. The quantitative estimate of drug-likeness (QED) is 0.380. The SMILES string of the molecule is O=C(CSc1ncccc1[N+](=O)[O-])Nc1ccc(O)cc1. The van der Waals surface area contributed by atoms with Crippen molar-refractivity contribution in [3.63, 3.8) is 0 Å². The minimum atomic E-state index is -0.535. The van der Waals surface area contributed by atoms with Crippen LogP contribution in [0.25, 0.3) is 0 Å². The maximum atomic E-state index is 11.8. The highest BCUT2D eigenvalue weighted by Crippen LogP contribution is 2.26. The van der Waals surface area contributed by atoms with E-state index in [1.165, 1.54) is 30.5 Å². The largest absolute Gasteiger partial charge is 0.508 e. The standard InChI is InChI=1S/C13H11N3O4S/c17-10-5-3-9(4-6-10)15-12(18)8-21-13-11(16(19)20)2-1-7-14-13/h1-7,17H,8H2,(H,15,18). The van der Waals surface area contributed by atoms with Crippen molar-refractivity contribution in [2.45, 2.75) is 5.03 Å². The molecule has 0 saturated heterocycles. The minimum absolute atomic E-state index is 0.00126. The Labute approximate surface area is 124 Å². The first kappa shape index (κ1) is 14.8. The van der Waals surface area contributed by atoms with Crippen molar-refractivity contribution in [2.24, 2.45) is 0 Å². The number of nitrogens with one attached hydrogen (secondary N) is 1. The molecule has 1 heterocycles. The van der Waals surface area contributed by atoms with Crippen LogP contribution >= 0.6 is 11.8 Å². The van der Waals surface area contributed by atoms with Gasteiger partial charge < -0.3 is 10.4 Å². The average Bonchev–Trinajstić information content (AvgIpc) is 2.48. The first-order valence-electron chi connectivity index (χ1n) is 5.87. The first-order chi connectivity index (χ1) is 10.1. The molecule has 0 spiro atoms. The topological polar surface area (TPSA) is 105 Å². The summed E-state index contributed by atoms with van der Waals surface area (Å²) in [4.78, 5) is 25.9. The maximum absolute atomic E-state index is 11.8. The highest BCUT2D eigenvalue weighted by atomic mass is 32.2. The summed E-state index contributed by atoms with van der Waals surface area (Å²) in [6.07, 6.45) is 1.44. The number of phenolic OH excluding ortho intramolecular Hbond substituents is 1. The van der Waals surface area contributed by atoms with Crippen LogP contribution < -0.4 is 5.32 Å². The molecule has 0 unspecified atom stereocenters. The van der Waals surface area contributed by atoms with E-state index >= 15 is 0 Å². The van der Waals surface area contributed by atoms with E-state index in [-0.39, 0.29) is 28.1 Å². The fourth-order valence-corrected chi connectivity index (χ4v) is 2.27. The lowest BCUT2D eigenvalue weighted by molar-refractivity contribution is -0.388. The number of benzene rings is 1. The third-order valence-corrected chi connectivity index (χ3v) is 3.43. The molecule has 21 heavy (non-hydrogen) atoms. The number of nitrogens with zero attached hydrogens (tertiary/aromatic N) is 2. The van der Waals surface area contributed by atoms with E-state index in [1.54, 1.807) is 12.1 Å². The van der Waals surface area contributed by atoms with Crippen LogP contribution in [0, 0.1) is 10.1 Å². The molecule has 7 nitrogen and oxygen atoms in total. The van der Waals surface area contributed by atoms with Gasteiger partial charge in [0.2, 0.25) is 5.91 Å². The number of carbonyl (C=O) groups is 1. The molecule has 0 aliphatic carbocycles. The highest BCUT2D eigenvalue weighted by molar-refractivity contribution is 8.00. The zero-order chi connectivity index (χ0) is 15.2. The molecule has 0 fully saturated rings. The molecule has 0 bridgehead atoms. The summed E-state index contributed by atoms with van der Waals surface area (Å²) in [5.41, 5.74) is 0.411. The summed E-state index contributed by atoms with van der Waals surface area (Å²) in [6.45, 7) is 0. The smallest absolute Gasteiger partial charge is 0.301 e. The third-order valence-electron chi connectivity index (χ3n) is 2.44. The molecule has 2 rings (SSSR count). The van der Waals surface area contributed by atoms with E-state index in [4.69, 9.17) is 5.11 Å². The van der Waals surface area contributed by atoms with Crippen molar-refractivity contribution in [1.29, 1.82) is 0 Å². The predicted molar refractivity (Wildman–Crippen MR) is 78.4 cm³/mol. The lowest BCUT2D eigenvalue weighted by Gasteiger charge is -2.05. The Kier molecular flexibility index (Phi) is 4.72. The summed E-state index contributed by atoms with van der Waals surface area (Å²) in [5, 5.41) is 22.8. The van der Waals surface area contributed by atoms with Gasteiger partial charge in [-0.1, -0.05) is 11.8 Å². The van der Waals surface area contributed by atoms with E-state index in [1.807, 2.05) is 0 Å². The molecule has 108 valence electrons. The van der Waals surface area contributed by atoms with Gasteiger partial charge in [-0.3, -0.25) is 14.9 Å². The number of hydrogen-bond donors (Lipinski definition) is 2. The number of rotatable bonds is 5. The predicted octanol–water partition coefficient (Wildman–Crippen LogP) is 2.43. The molecular weight excluding hydrogens is 294 g/mol. The zero-order valence-corrected chi connectivity index (χ0v) is 11.5. The van der Waals surface area contributed by atoms with Crippen molar-refractivity contribution in [2.75, 3.05) is 11.1 Å². The summed E-state index contributed by atoms with van der Waals surface area (Å²) in [7, 11) is 0. The van der Waals surface area contributed by atoms with Crippen molar-refractivity contribution in [3.8, 4) is 5.75 Å². The molecule has 0 aliphatic rings. The van der Waals surface area contributed by atoms with Gasteiger partial charge in [0.25, 0.3) is 0 Å². The van der Waals surface area contributed by atoms with Gasteiger partial charge in [0.1, 0.15) is 5.75 Å². The fraction of sp³-hybridized carbons (Fsp3) is 0.0769. The second kappa shape index (κ2) is 6.71. The van der Waals surface area contributed by atoms with E-state index in [9.17, 15) is 14.9 Å². The van der Waals surface area contributed by atoms with Crippen LogP contribution in [0.4, 0.5) is 11.4 Å². The lowest BCUT2D eigenvalue weighted by atomic mass is 10.3. The van der Waals surface area contributed by atoms with Crippen molar-refractivity contribution in [1.82, 2.24) is 4.98 Å². The van der Waals surface area contributed by atoms with Crippen molar-refractivity contribution in [3.05, 3.63) is 52.7 Å². The maximum Gasteiger partial charge on any atom is 0.301 e. The Morgan fingerprint density at radius 1 is 1.33 bits per heavy atom. The van der Waals surface area contributed by atoms with Crippen LogP contribution in [0.5, 0.6) is 5.75 Å². The Bertz CT molecular complexity index is 661.